The van der Waals surface area contributed by atoms with Crippen molar-refractivity contribution in [1.29, 1.82) is 5.41 Å². The smallest absolute Gasteiger partial charge is 0.303 e. The highest BCUT2D eigenvalue weighted by Crippen LogP contribution is 2.32. The molecule has 0 spiro atoms. The standard InChI is InChI=1S/C14H18Cl3NO9/c1-5(19)23-4-8-9(22)10(24-6(2)20)11(25-7(3)21)12(26-8)27-13(18)14(15,16)17/h8-12,18,22H,4H2,1-3H3/t8-,9-,10+,11-,12?/m1/s1. The molecule has 27 heavy (non-hydrogen) atoms. The highest BCUT2D eigenvalue weighted by molar-refractivity contribution is 6.76. The van der Waals surface area contributed by atoms with Crippen LogP contribution in [0.15, 0.2) is 0 Å². The minimum absolute atomic E-state index is 0.442. The van der Waals surface area contributed by atoms with Crippen LogP contribution in [0.4, 0.5) is 0 Å². The van der Waals surface area contributed by atoms with Crippen molar-refractivity contribution < 1.29 is 43.2 Å². The zero-order valence-electron chi connectivity index (χ0n) is 14.4. The Balaban J connectivity index is 3.17. The van der Waals surface area contributed by atoms with Crippen LogP contribution in [0, 0.1) is 5.41 Å². The molecular weight excluding hydrogens is 433 g/mol. The van der Waals surface area contributed by atoms with Gasteiger partial charge in [-0.1, -0.05) is 34.8 Å². The van der Waals surface area contributed by atoms with Crippen LogP contribution in [-0.2, 0) is 38.1 Å². The maximum atomic E-state index is 11.4. The molecule has 0 radical (unpaired) electrons. The van der Waals surface area contributed by atoms with Gasteiger partial charge < -0.3 is 28.8 Å². The third kappa shape index (κ3) is 7.30. The number of carbonyl (C=O) groups excluding carboxylic acids is 3. The first-order valence-electron chi connectivity index (χ1n) is 7.46. The summed E-state index contributed by atoms with van der Waals surface area (Å²) in [6.45, 7) is 2.81. The van der Waals surface area contributed by atoms with Gasteiger partial charge in [0.15, 0.2) is 6.10 Å². The summed E-state index contributed by atoms with van der Waals surface area (Å²) in [6.07, 6.45) is -7.38. The van der Waals surface area contributed by atoms with Crippen molar-refractivity contribution >= 4 is 58.6 Å². The Morgan fingerprint density at radius 2 is 1.52 bits per heavy atom. The van der Waals surface area contributed by atoms with Crippen LogP contribution in [-0.4, -0.2) is 70.0 Å². The minimum atomic E-state index is -2.26. The van der Waals surface area contributed by atoms with E-state index in [0.717, 1.165) is 20.8 Å². The second-order valence-corrected chi connectivity index (χ2v) is 7.71. The van der Waals surface area contributed by atoms with Gasteiger partial charge in [-0.3, -0.25) is 19.8 Å². The monoisotopic (exact) mass is 449 g/mol. The van der Waals surface area contributed by atoms with E-state index >= 15 is 0 Å². The van der Waals surface area contributed by atoms with Crippen molar-refractivity contribution in [3.63, 3.8) is 0 Å². The van der Waals surface area contributed by atoms with Gasteiger partial charge in [0.25, 0.3) is 3.79 Å². The van der Waals surface area contributed by atoms with Gasteiger partial charge in [0, 0.05) is 20.8 Å². The SMILES string of the molecule is CC(=O)OC[C@H]1OC(OC(=N)C(Cl)(Cl)Cl)[C@H](OC(C)=O)[C@@H](OC(C)=O)[C@@H]1O. The Kier molecular flexibility index (Phi) is 8.55. The number of nitrogens with one attached hydrogen (secondary N) is 1. The summed E-state index contributed by atoms with van der Waals surface area (Å²) in [4.78, 5) is 33.8. The van der Waals surface area contributed by atoms with Gasteiger partial charge in [-0.05, 0) is 0 Å². The lowest BCUT2D eigenvalue weighted by molar-refractivity contribution is -0.289. The molecule has 0 aromatic rings. The molecule has 0 amide bonds. The summed E-state index contributed by atoms with van der Waals surface area (Å²) in [5.41, 5.74) is 0. The predicted molar refractivity (Wildman–Crippen MR) is 91.5 cm³/mol. The Labute approximate surface area is 169 Å². The van der Waals surface area contributed by atoms with Crippen LogP contribution < -0.4 is 0 Å². The van der Waals surface area contributed by atoms with Crippen molar-refractivity contribution in [2.75, 3.05) is 6.61 Å². The number of hydrogen-bond acceptors (Lipinski definition) is 10. The average Bonchev–Trinajstić information content (AvgIpc) is 2.50. The number of alkyl halides is 3. The highest BCUT2D eigenvalue weighted by atomic mass is 35.6. The van der Waals surface area contributed by atoms with Gasteiger partial charge in [-0.25, -0.2) is 0 Å². The summed E-state index contributed by atoms with van der Waals surface area (Å²) < 4.78 is 23.1. The molecule has 0 aromatic carbocycles. The average molecular weight is 451 g/mol. The van der Waals surface area contributed by atoms with Crippen LogP contribution >= 0.6 is 34.8 Å². The number of ether oxygens (including phenoxy) is 5. The van der Waals surface area contributed by atoms with Crippen LogP contribution in [0.3, 0.4) is 0 Å². The Hall–Kier alpha value is -1.33. The first-order valence-corrected chi connectivity index (χ1v) is 8.60. The molecule has 5 atom stereocenters. The van der Waals surface area contributed by atoms with Crippen molar-refractivity contribution in [2.24, 2.45) is 0 Å². The molecule has 0 aliphatic carbocycles. The van der Waals surface area contributed by atoms with Crippen molar-refractivity contribution in [1.82, 2.24) is 0 Å². The highest BCUT2D eigenvalue weighted by Gasteiger charge is 2.52. The molecular formula is C14H18Cl3NO9. The maximum Gasteiger partial charge on any atom is 0.303 e. The van der Waals surface area contributed by atoms with E-state index in [2.05, 4.69) is 0 Å². The lowest BCUT2D eigenvalue weighted by Gasteiger charge is -2.42. The topological polar surface area (TPSA) is 141 Å². The number of hydrogen-bond donors (Lipinski definition) is 2. The largest absolute Gasteiger partial charge is 0.463 e. The first kappa shape index (κ1) is 23.7. The van der Waals surface area contributed by atoms with Gasteiger partial charge in [-0.2, -0.15) is 0 Å². The quantitative estimate of drug-likeness (QED) is 0.205. The van der Waals surface area contributed by atoms with Gasteiger partial charge in [0.05, 0.1) is 0 Å². The van der Waals surface area contributed by atoms with Crippen LogP contribution in [0.2, 0.25) is 0 Å². The molecule has 1 fully saturated rings. The first-order chi connectivity index (χ1) is 12.3. The van der Waals surface area contributed by atoms with Gasteiger partial charge in [0.2, 0.25) is 18.3 Å². The molecule has 10 nitrogen and oxygen atoms in total. The lowest BCUT2D eigenvalue weighted by Crippen LogP contribution is -2.62. The molecule has 1 rings (SSSR count). The van der Waals surface area contributed by atoms with Gasteiger partial charge in [-0.15, -0.1) is 0 Å². The number of esters is 3. The van der Waals surface area contributed by atoms with E-state index in [-0.39, 0.29) is 0 Å². The van der Waals surface area contributed by atoms with E-state index < -0.39 is 64.9 Å². The van der Waals surface area contributed by atoms with E-state index in [1.807, 2.05) is 0 Å². The zero-order chi connectivity index (χ0) is 20.9. The number of aliphatic hydroxyl groups is 1. The molecule has 0 bridgehead atoms. The Bertz CT molecular complexity index is 595. The Morgan fingerprint density at radius 3 is 1.96 bits per heavy atom. The number of carbonyl (C=O) groups is 3. The molecule has 0 saturated carbocycles. The molecule has 0 aromatic heterocycles. The van der Waals surface area contributed by atoms with Crippen molar-refractivity contribution in [3.05, 3.63) is 0 Å². The predicted octanol–water partition coefficient (Wildman–Crippen LogP) is 0.863. The second kappa shape index (κ2) is 9.74. The summed E-state index contributed by atoms with van der Waals surface area (Å²) in [6, 6.07) is 0. The molecule has 2 N–H and O–H groups in total. The number of rotatable bonds is 5. The molecule has 1 saturated heterocycles. The van der Waals surface area contributed by atoms with E-state index in [4.69, 9.17) is 63.9 Å². The summed E-state index contributed by atoms with van der Waals surface area (Å²) in [5, 5.41) is 18.1. The lowest BCUT2D eigenvalue weighted by atomic mass is 9.98. The van der Waals surface area contributed by atoms with Crippen LogP contribution in [0.1, 0.15) is 20.8 Å². The van der Waals surface area contributed by atoms with E-state index in [1.165, 1.54) is 0 Å². The third-order valence-electron chi connectivity index (χ3n) is 3.16. The second-order valence-electron chi connectivity index (χ2n) is 5.43. The molecule has 1 aliphatic rings. The van der Waals surface area contributed by atoms with E-state index in [0.29, 0.717) is 0 Å². The third-order valence-corrected chi connectivity index (χ3v) is 3.68. The van der Waals surface area contributed by atoms with Crippen LogP contribution in [0.25, 0.3) is 0 Å². The van der Waals surface area contributed by atoms with E-state index in [9.17, 15) is 19.5 Å². The van der Waals surface area contributed by atoms with Crippen molar-refractivity contribution in [2.45, 2.75) is 55.3 Å². The zero-order valence-corrected chi connectivity index (χ0v) is 16.7. The minimum Gasteiger partial charge on any atom is -0.463 e. The maximum absolute atomic E-state index is 11.4. The summed E-state index contributed by atoms with van der Waals surface area (Å²) >= 11 is 16.7. The number of halogens is 3. The Morgan fingerprint density at radius 1 is 1.00 bits per heavy atom. The fourth-order valence-electron chi connectivity index (χ4n) is 2.15. The van der Waals surface area contributed by atoms with Crippen LogP contribution in [0.5, 0.6) is 0 Å². The molecule has 1 unspecified atom stereocenters. The summed E-state index contributed by atoms with van der Waals surface area (Å²) in [5.74, 6) is -3.16. The summed E-state index contributed by atoms with van der Waals surface area (Å²) in [7, 11) is 0. The van der Waals surface area contributed by atoms with E-state index in [1.54, 1.807) is 0 Å². The van der Waals surface area contributed by atoms with Gasteiger partial charge >= 0.3 is 17.9 Å². The molecule has 1 heterocycles. The molecule has 13 heteroatoms. The fourth-order valence-corrected chi connectivity index (χ4v) is 2.28. The number of aliphatic hydroxyl groups excluding tert-OH is 1. The normalized spacial score (nSPS) is 28.0. The van der Waals surface area contributed by atoms with Gasteiger partial charge in [0.1, 0.15) is 18.8 Å². The fraction of sp³-hybridized carbons (Fsp3) is 0.714. The molecule has 1 aliphatic heterocycles. The molecule has 154 valence electrons. The van der Waals surface area contributed by atoms with Crippen molar-refractivity contribution in [3.8, 4) is 0 Å².